The number of hydrogen-bond acceptors (Lipinski definition) is 2. The number of nitrogens with one attached hydrogen (secondary N) is 1. The van der Waals surface area contributed by atoms with Crippen molar-refractivity contribution < 1.29 is 9.90 Å². The fraction of sp³-hybridized carbons (Fsp3) is 0.625. The first-order valence-electron chi connectivity index (χ1n) is 3.49. The highest BCUT2D eigenvalue weighted by molar-refractivity contribution is 5.77. The van der Waals surface area contributed by atoms with Crippen LogP contribution in [0.5, 0.6) is 0 Å². The molecule has 3 heteroatoms. The van der Waals surface area contributed by atoms with Gasteiger partial charge in [0.1, 0.15) is 5.54 Å². The molecule has 0 aliphatic rings. The van der Waals surface area contributed by atoms with Gasteiger partial charge in [0.15, 0.2) is 0 Å². The topological polar surface area (TPSA) is 49.3 Å². The van der Waals surface area contributed by atoms with Crippen molar-refractivity contribution in [2.45, 2.75) is 26.3 Å². The summed E-state index contributed by atoms with van der Waals surface area (Å²) in [6, 6.07) is 0. The summed E-state index contributed by atoms with van der Waals surface area (Å²) in [6.07, 6.45) is 0. The number of hydrogen-bond donors (Lipinski definition) is 2. The molecular weight excluding hydrogens is 142 g/mol. The molecule has 64 valence electrons. The van der Waals surface area contributed by atoms with Gasteiger partial charge >= 0.3 is 5.97 Å². The average Bonchev–Trinajstić information content (AvgIpc) is 1.84. The molecule has 0 aromatic rings. The molecule has 11 heavy (non-hydrogen) atoms. The minimum Gasteiger partial charge on any atom is -0.480 e. The molecule has 0 atom stereocenters. The Balaban J connectivity index is 3.92. The van der Waals surface area contributed by atoms with E-state index in [0.29, 0.717) is 6.54 Å². The van der Waals surface area contributed by atoms with Crippen LogP contribution in [0.4, 0.5) is 0 Å². The molecule has 0 radical (unpaired) electrons. The third-order valence-corrected chi connectivity index (χ3v) is 1.37. The quantitative estimate of drug-likeness (QED) is 0.599. The number of carbonyl (C=O) groups is 1. The first-order chi connectivity index (χ1) is 4.86. The Bertz CT molecular complexity index is 173. The normalized spacial score (nSPS) is 11.2. The van der Waals surface area contributed by atoms with Crippen LogP contribution in [0.25, 0.3) is 0 Å². The number of carboxylic acid groups (broad SMARTS) is 1. The van der Waals surface area contributed by atoms with Crippen molar-refractivity contribution in [3.05, 3.63) is 12.2 Å². The molecule has 0 aromatic heterocycles. The molecule has 0 saturated heterocycles. The van der Waals surface area contributed by atoms with Gasteiger partial charge in [0, 0.05) is 6.54 Å². The van der Waals surface area contributed by atoms with E-state index in [1.807, 2.05) is 6.92 Å². The third-order valence-electron chi connectivity index (χ3n) is 1.37. The first-order valence-corrected chi connectivity index (χ1v) is 3.49. The minimum atomic E-state index is -0.862. The van der Waals surface area contributed by atoms with Gasteiger partial charge in [-0.1, -0.05) is 12.2 Å². The van der Waals surface area contributed by atoms with Crippen LogP contribution in [-0.4, -0.2) is 23.2 Å². The molecule has 0 fully saturated rings. The maximum Gasteiger partial charge on any atom is 0.323 e. The van der Waals surface area contributed by atoms with Crippen molar-refractivity contribution in [2.75, 3.05) is 6.54 Å². The maximum atomic E-state index is 10.5. The second-order valence-electron chi connectivity index (χ2n) is 3.24. The van der Waals surface area contributed by atoms with Gasteiger partial charge in [-0.15, -0.1) is 0 Å². The lowest BCUT2D eigenvalue weighted by molar-refractivity contribution is -0.143. The molecule has 0 rings (SSSR count). The van der Waals surface area contributed by atoms with Crippen molar-refractivity contribution in [1.82, 2.24) is 5.32 Å². The monoisotopic (exact) mass is 157 g/mol. The van der Waals surface area contributed by atoms with Crippen LogP contribution in [0.1, 0.15) is 20.8 Å². The van der Waals surface area contributed by atoms with Gasteiger partial charge in [-0.25, -0.2) is 0 Å². The van der Waals surface area contributed by atoms with Gasteiger partial charge in [0.25, 0.3) is 0 Å². The van der Waals surface area contributed by atoms with Crippen molar-refractivity contribution in [3.8, 4) is 0 Å². The fourth-order valence-electron chi connectivity index (χ4n) is 0.447. The lowest BCUT2D eigenvalue weighted by Crippen LogP contribution is -2.47. The zero-order valence-electron chi connectivity index (χ0n) is 7.27. The molecule has 0 unspecified atom stereocenters. The van der Waals surface area contributed by atoms with Crippen LogP contribution in [-0.2, 0) is 4.79 Å². The predicted molar refractivity (Wildman–Crippen MR) is 44.5 cm³/mol. The van der Waals surface area contributed by atoms with Crippen LogP contribution in [0.2, 0.25) is 0 Å². The molecule has 0 amide bonds. The first kappa shape index (κ1) is 10.2. The molecule has 0 heterocycles. The molecule has 2 N–H and O–H groups in total. The van der Waals surface area contributed by atoms with E-state index in [1.54, 1.807) is 13.8 Å². The third kappa shape index (κ3) is 3.78. The van der Waals surface area contributed by atoms with Crippen molar-refractivity contribution >= 4 is 5.97 Å². The summed E-state index contributed by atoms with van der Waals surface area (Å²) in [6.45, 7) is 9.30. The molecule has 0 saturated carbocycles. The summed E-state index contributed by atoms with van der Waals surface area (Å²) in [7, 11) is 0. The van der Waals surface area contributed by atoms with E-state index in [0.717, 1.165) is 5.57 Å². The molecule has 0 aliphatic carbocycles. The number of carboxylic acids is 1. The minimum absolute atomic E-state index is 0.541. The summed E-state index contributed by atoms with van der Waals surface area (Å²) >= 11 is 0. The molecule has 0 spiro atoms. The zero-order chi connectivity index (χ0) is 9.07. The number of rotatable bonds is 4. The Kier molecular flexibility index (Phi) is 3.26. The smallest absolute Gasteiger partial charge is 0.323 e. The van der Waals surface area contributed by atoms with E-state index in [2.05, 4.69) is 11.9 Å². The zero-order valence-corrected chi connectivity index (χ0v) is 7.27. The summed E-state index contributed by atoms with van der Waals surface area (Å²) in [5.41, 5.74) is 0.0678. The highest BCUT2D eigenvalue weighted by Gasteiger charge is 2.25. The van der Waals surface area contributed by atoms with Gasteiger partial charge in [-0.3, -0.25) is 10.1 Å². The SMILES string of the molecule is C=C(C)CNC(C)(C)C(=O)O. The van der Waals surface area contributed by atoms with E-state index in [9.17, 15) is 4.79 Å². The lowest BCUT2D eigenvalue weighted by Gasteiger charge is -2.20. The molecular formula is C8H15NO2. The highest BCUT2D eigenvalue weighted by atomic mass is 16.4. The lowest BCUT2D eigenvalue weighted by atomic mass is 10.1. The van der Waals surface area contributed by atoms with E-state index in [1.165, 1.54) is 0 Å². The van der Waals surface area contributed by atoms with Gasteiger partial charge in [-0.2, -0.15) is 0 Å². The summed E-state index contributed by atoms with van der Waals surface area (Å²) in [4.78, 5) is 10.5. The predicted octanol–water partition coefficient (Wildman–Crippen LogP) is 1.02. The second-order valence-corrected chi connectivity index (χ2v) is 3.24. The molecule has 0 aliphatic heterocycles. The standard InChI is InChI=1S/C8H15NO2/c1-6(2)5-9-8(3,4)7(10)11/h9H,1,5H2,2-4H3,(H,10,11). The summed E-state index contributed by atoms with van der Waals surface area (Å²) in [5, 5.41) is 11.5. The second kappa shape index (κ2) is 3.53. The molecule has 0 bridgehead atoms. The van der Waals surface area contributed by atoms with E-state index >= 15 is 0 Å². The van der Waals surface area contributed by atoms with Gasteiger partial charge < -0.3 is 5.11 Å². The highest BCUT2D eigenvalue weighted by Crippen LogP contribution is 2.01. The Hall–Kier alpha value is -0.830. The molecule has 0 aromatic carbocycles. The van der Waals surface area contributed by atoms with E-state index in [-0.39, 0.29) is 0 Å². The fourth-order valence-corrected chi connectivity index (χ4v) is 0.447. The van der Waals surface area contributed by atoms with Crippen LogP contribution >= 0.6 is 0 Å². The number of aliphatic carboxylic acids is 1. The van der Waals surface area contributed by atoms with Crippen molar-refractivity contribution in [3.63, 3.8) is 0 Å². The van der Waals surface area contributed by atoms with Crippen molar-refractivity contribution in [2.24, 2.45) is 0 Å². The van der Waals surface area contributed by atoms with Crippen LogP contribution in [0, 0.1) is 0 Å². The van der Waals surface area contributed by atoms with Gasteiger partial charge in [-0.05, 0) is 20.8 Å². The Morgan fingerprint density at radius 2 is 2.09 bits per heavy atom. The van der Waals surface area contributed by atoms with Crippen LogP contribution in [0.15, 0.2) is 12.2 Å². The van der Waals surface area contributed by atoms with Crippen molar-refractivity contribution in [1.29, 1.82) is 0 Å². The van der Waals surface area contributed by atoms with E-state index in [4.69, 9.17) is 5.11 Å². The molecule has 3 nitrogen and oxygen atoms in total. The maximum absolute atomic E-state index is 10.5. The van der Waals surface area contributed by atoms with Gasteiger partial charge in [0.05, 0.1) is 0 Å². The van der Waals surface area contributed by atoms with E-state index < -0.39 is 11.5 Å². The Morgan fingerprint density at radius 1 is 1.64 bits per heavy atom. The Morgan fingerprint density at radius 3 is 2.36 bits per heavy atom. The average molecular weight is 157 g/mol. The van der Waals surface area contributed by atoms with Gasteiger partial charge in [0.2, 0.25) is 0 Å². The largest absolute Gasteiger partial charge is 0.480 e. The Labute approximate surface area is 67.1 Å². The van der Waals surface area contributed by atoms with Crippen LogP contribution in [0.3, 0.4) is 0 Å². The summed E-state index contributed by atoms with van der Waals surface area (Å²) in [5.74, 6) is -0.848. The summed E-state index contributed by atoms with van der Waals surface area (Å²) < 4.78 is 0. The van der Waals surface area contributed by atoms with Crippen LogP contribution < -0.4 is 5.32 Å².